The fourth-order valence-corrected chi connectivity index (χ4v) is 2.55. The Morgan fingerprint density at radius 2 is 1.96 bits per heavy atom. The number of benzene rings is 2. The third-order valence-electron chi connectivity index (χ3n) is 3.25. The van der Waals surface area contributed by atoms with Crippen molar-refractivity contribution < 1.29 is 19.4 Å². The van der Waals surface area contributed by atoms with Crippen molar-refractivity contribution in [2.75, 3.05) is 12.0 Å². The van der Waals surface area contributed by atoms with Gasteiger partial charge >= 0.3 is 5.97 Å². The summed E-state index contributed by atoms with van der Waals surface area (Å²) in [6.45, 7) is 6.36. The Hall–Kier alpha value is -2.54. The normalized spacial score (nSPS) is 11.0. The van der Waals surface area contributed by atoms with E-state index >= 15 is 0 Å². The van der Waals surface area contributed by atoms with Gasteiger partial charge in [-0.05, 0) is 73.1 Å². The van der Waals surface area contributed by atoms with E-state index in [-0.39, 0.29) is 11.7 Å². The van der Waals surface area contributed by atoms with Gasteiger partial charge in [-0.3, -0.25) is 5.43 Å². The van der Waals surface area contributed by atoms with Crippen LogP contribution in [-0.2, 0) is 0 Å². The number of nitrogens with zero attached hydrogens (tertiary/aromatic N) is 1. The summed E-state index contributed by atoms with van der Waals surface area (Å²) in [6.07, 6.45) is 1.69. The number of rotatable bonds is 8. The molecule has 0 aliphatic rings. The SMILES string of the molecule is CCOc1cc(/C=N\Nc2ccc(C(=O)O)cc2)c(Br)cc1OC(C)C. The van der Waals surface area contributed by atoms with Crippen LogP contribution >= 0.6 is 15.9 Å². The number of carbonyl (C=O) groups is 1. The van der Waals surface area contributed by atoms with Gasteiger partial charge in [0.15, 0.2) is 11.5 Å². The van der Waals surface area contributed by atoms with Crippen LogP contribution in [-0.4, -0.2) is 30.0 Å². The minimum absolute atomic E-state index is 0.0380. The van der Waals surface area contributed by atoms with Crippen LogP contribution in [0.5, 0.6) is 11.5 Å². The second-order valence-electron chi connectivity index (χ2n) is 5.67. The predicted octanol–water partition coefficient (Wildman–Crippen LogP) is 4.78. The summed E-state index contributed by atoms with van der Waals surface area (Å²) in [5, 5.41) is 13.1. The van der Waals surface area contributed by atoms with Gasteiger partial charge < -0.3 is 14.6 Å². The van der Waals surface area contributed by atoms with E-state index < -0.39 is 5.97 Å². The lowest BCUT2D eigenvalue weighted by molar-refractivity contribution is 0.0697. The highest BCUT2D eigenvalue weighted by molar-refractivity contribution is 9.10. The van der Waals surface area contributed by atoms with Gasteiger partial charge in [-0.1, -0.05) is 0 Å². The van der Waals surface area contributed by atoms with Crippen molar-refractivity contribution in [3.63, 3.8) is 0 Å². The average molecular weight is 421 g/mol. The fourth-order valence-electron chi connectivity index (χ4n) is 2.13. The Labute approximate surface area is 161 Å². The van der Waals surface area contributed by atoms with Crippen molar-refractivity contribution in [1.29, 1.82) is 0 Å². The highest BCUT2D eigenvalue weighted by atomic mass is 79.9. The number of carboxylic acid groups (broad SMARTS) is 1. The summed E-state index contributed by atoms with van der Waals surface area (Å²) in [5.41, 5.74) is 4.60. The first-order valence-electron chi connectivity index (χ1n) is 8.16. The van der Waals surface area contributed by atoms with E-state index in [2.05, 4.69) is 26.5 Å². The molecule has 0 spiro atoms. The van der Waals surface area contributed by atoms with E-state index in [1.165, 1.54) is 12.1 Å². The second-order valence-corrected chi connectivity index (χ2v) is 6.53. The third kappa shape index (κ3) is 5.49. The first-order valence-corrected chi connectivity index (χ1v) is 8.95. The Morgan fingerprint density at radius 1 is 1.27 bits per heavy atom. The van der Waals surface area contributed by atoms with E-state index in [9.17, 15) is 4.79 Å². The van der Waals surface area contributed by atoms with Crippen molar-refractivity contribution in [3.8, 4) is 11.5 Å². The molecule has 0 amide bonds. The lowest BCUT2D eigenvalue weighted by atomic mass is 10.2. The largest absolute Gasteiger partial charge is 0.490 e. The van der Waals surface area contributed by atoms with E-state index in [0.717, 1.165) is 10.0 Å². The molecule has 0 aliphatic heterocycles. The van der Waals surface area contributed by atoms with Gasteiger partial charge in [0.25, 0.3) is 0 Å². The molecule has 0 aliphatic carbocycles. The van der Waals surface area contributed by atoms with Crippen LogP contribution in [0.25, 0.3) is 0 Å². The Balaban J connectivity index is 2.15. The minimum atomic E-state index is -0.962. The molecule has 2 rings (SSSR count). The highest BCUT2D eigenvalue weighted by Gasteiger charge is 2.11. The topological polar surface area (TPSA) is 80.2 Å². The molecule has 2 aromatic rings. The molecule has 0 aromatic heterocycles. The number of hydrogen-bond acceptors (Lipinski definition) is 5. The van der Waals surface area contributed by atoms with E-state index in [1.807, 2.05) is 32.9 Å². The summed E-state index contributed by atoms with van der Waals surface area (Å²) in [6, 6.07) is 10.0. The van der Waals surface area contributed by atoms with Crippen LogP contribution in [0.1, 0.15) is 36.7 Å². The van der Waals surface area contributed by atoms with Gasteiger partial charge in [0.05, 0.1) is 30.2 Å². The molecule has 0 heterocycles. The molecule has 0 saturated heterocycles. The summed E-state index contributed by atoms with van der Waals surface area (Å²) in [4.78, 5) is 10.9. The molecule has 26 heavy (non-hydrogen) atoms. The van der Waals surface area contributed by atoms with Gasteiger partial charge in [0.2, 0.25) is 0 Å². The summed E-state index contributed by atoms with van der Waals surface area (Å²) in [7, 11) is 0. The molecule has 7 heteroatoms. The zero-order valence-corrected chi connectivity index (χ0v) is 16.4. The molecular weight excluding hydrogens is 400 g/mol. The Morgan fingerprint density at radius 3 is 2.54 bits per heavy atom. The lowest BCUT2D eigenvalue weighted by Crippen LogP contribution is -2.08. The Bertz CT molecular complexity index is 789. The van der Waals surface area contributed by atoms with Crippen molar-refractivity contribution in [2.45, 2.75) is 26.9 Å². The number of hydrogen-bond donors (Lipinski definition) is 2. The highest BCUT2D eigenvalue weighted by Crippen LogP contribution is 2.34. The Kier molecular flexibility index (Phi) is 7.03. The lowest BCUT2D eigenvalue weighted by Gasteiger charge is -2.16. The molecule has 0 radical (unpaired) electrons. The van der Waals surface area contributed by atoms with Gasteiger partial charge in [-0.25, -0.2) is 4.79 Å². The number of aromatic carboxylic acids is 1. The third-order valence-corrected chi connectivity index (χ3v) is 3.94. The maximum absolute atomic E-state index is 10.9. The maximum Gasteiger partial charge on any atom is 0.335 e. The van der Waals surface area contributed by atoms with E-state index in [0.29, 0.717) is 23.8 Å². The number of carboxylic acids is 1. The molecule has 6 nitrogen and oxygen atoms in total. The minimum Gasteiger partial charge on any atom is -0.490 e. The number of hydrazone groups is 1. The number of halogens is 1. The second kappa shape index (κ2) is 9.24. The van der Waals surface area contributed by atoms with Crippen molar-refractivity contribution in [1.82, 2.24) is 0 Å². The first-order chi connectivity index (χ1) is 12.4. The maximum atomic E-state index is 10.9. The quantitative estimate of drug-likeness (QED) is 0.474. The van der Waals surface area contributed by atoms with Crippen LogP contribution in [0.15, 0.2) is 46.0 Å². The summed E-state index contributed by atoms with van der Waals surface area (Å²) in [5.74, 6) is 0.357. The standard InChI is InChI=1S/C19H21BrN2O4/c1-4-25-17-9-14(16(20)10-18(17)26-12(2)3)11-21-22-15-7-5-13(6-8-15)19(23)24/h5-12,22H,4H2,1-3H3,(H,23,24)/b21-11-. The zero-order chi connectivity index (χ0) is 19.1. The van der Waals surface area contributed by atoms with Crippen molar-refractivity contribution >= 4 is 33.8 Å². The molecule has 0 unspecified atom stereocenters. The van der Waals surface area contributed by atoms with Gasteiger partial charge in [0.1, 0.15) is 0 Å². The first kappa shape index (κ1) is 19.8. The molecule has 2 N–H and O–H groups in total. The van der Waals surface area contributed by atoms with E-state index in [1.54, 1.807) is 18.3 Å². The van der Waals surface area contributed by atoms with Crippen molar-refractivity contribution in [3.05, 3.63) is 52.0 Å². The predicted molar refractivity (Wildman–Crippen MR) is 106 cm³/mol. The van der Waals surface area contributed by atoms with Crippen LogP contribution in [0.3, 0.4) is 0 Å². The van der Waals surface area contributed by atoms with Gasteiger partial charge in [-0.15, -0.1) is 0 Å². The van der Waals surface area contributed by atoms with Crippen LogP contribution < -0.4 is 14.9 Å². The van der Waals surface area contributed by atoms with Crippen LogP contribution in [0, 0.1) is 0 Å². The van der Waals surface area contributed by atoms with Gasteiger partial charge in [0, 0.05) is 10.0 Å². The molecule has 2 aromatic carbocycles. The van der Waals surface area contributed by atoms with Crippen molar-refractivity contribution in [2.24, 2.45) is 5.10 Å². The number of ether oxygens (including phenoxy) is 2. The molecule has 0 bridgehead atoms. The molecule has 0 saturated carbocycles. The van der Waals surface area contributed by atoms with Gasteiger partial charge in [-0.2, -0.15) is 5.10 Å². The fraction of sp³-hybridized carbons (Fsp3) is 0.263. The molecule has 138 valence electrons. The molecular formula is C19H21BrN2O4. The zero-order valence-electron chi connectivity index (χ0n) is 14.8. The average Bonchev–Trinajstić information content (AvgIpc) is 2.58. The van der Waals surface area contributed by atoms with E-state index in [4.69, 9.17) is 14.6 Å². The number of nitrogens with one attached hydrogen (secondary N) is 1. The molecule has 0 fully saturated rings. The number of anilines is 1. The monoisotopic (exact) mass is 420 g/mol. The summed E-state index contributed by atoms with van der Waals surface area (Å²) >= 11 is 3.51. The molecule has 0 atom stereocenters. The summed E-state index contributed by atoms with van der Waals surface area (Å²) < 4.78 is 12.2. The van der Waals surface area contributed by atoms with Crippen LogP contribution in [0.2, 0.25) is 0 Å². The smallest absolute Gasteiger partial charge is 0.335 e. The van der Waals surface area contributed by atoms with Crippen LogP contribution in [0.4, 0.5) is 5.69 Å².